The topological polar surface area (TPSA) is 114 Å². The molecule has 1 aromatic carbocycles. The Kier molecular flexibility index (Phi) is 8.94. The van der Waals surface area contributed by atoms with Crippen LogP contribution in [0.5, 0.6) is 0 Å². The predicted molar refractivity (Wildman–Crippen MR) is 121 cm³/mol. The zero-order valence-electron chi connectivity index (χ0n) is 18.8. The van der Waals surface area contributed by atoms with E-state index in [1.54, 1.807) is 51.1 Å². The number of thiol groups is 1. The van der Waals surface area contributed by atoms with Gasteiger partial charge in [-0.3, -0.25) is 14.4 Å². The minimum atomic E-state index is -0.992. The van der Waals surface area contributed by atoms with Crippen molar-refractivity contribution < 1.29 is 28.7 Å². The number of nitrogens with zero attached hydrogens (tertiary/aromatic N) is 1. The molecule has 2 rings (SSSR count). The molecule has 1 aromatic rings. The van der Waals surface area contributed by atoms with Gasteiger partial charge in [0.2, 0.25) is 11.8 Å². The van der Waals surface area contributed by atoms with E-state index in [1.807, 2.05) is 0 Å². The molecule has 0 bridgehead atoms. The van der Waals surface area contributed by atoms with Crippen molar-refractivity contribution in [3.63, 3.8) is 0 Å². The van der Waals surface area contributed by atoms with Crippen molar-refractivity contribution in [3.8, 4) is 0 Å². The Morgan fingerprint density at radius 3 is 2.28 bits per heavy atom. The molecule has 0 radical (unpaired) electrons. The van der Waals surface area contributed by atoms with Crippen molar-refractivity contribution in [1.29, 1.82) is 0 Å². The summed E-state index contributed by atoms with van der Waals surface area (Å²) < 4.78 is 9.85. The lowest BCUT2D eigenvalue weighted by Gasteiger charge is -2.34. The van der Waals surface area contributed by atoms with Crippen LogP contribution >= 0.6 is 12.6 Å². The molecule has 0 heterocycles. The molecule has 0 aromatic heterocycles. The van der Waals surface area contributed by atoms with Crippen LogP contribution in [-0.4, -0.2) is 65.9 Å². The monoisotopic (exact) mass is 465 g/mol. The lowest BCUT2D eigenvalue weighted by atomic mass is 10.0. The largest absolute Gasteiger partial charge is 0.468 e. The van der Waals surface area contributed by atoms with Crippen molar-refractivity contribution in [2.75, 3.05) is 19.4 Å². The van der Waals surface area contributed by atoms with Crippen LogP contribution in [0.25, 0.3) is 0 Å². The molecule has 2 unspecified atom stereocenters. The number of carbonyl (C=O) groups excluding carboxylic acids is 4. The van der Waals surface area contributed by atoms with Gasteiger partial charge in [0, 0.05) is 11.8 Å². The summed E-state index contributed by atoms with van der Waals surface area (Å²) in [5.74, 6) is -1.55. The van der Waals surface area contributed by atoms with Gasteiger partial charge in [-0.25, -0.2) is 4.79 Å². The third-order valence-electron chi connectivity index (χ3n) is 4.64. The van der Waals surface area contributed by atoms with E-state index in [0.29, 0.717) is 5.56 Å². The van der Waals surface area contributed by atoms with E-state index in [9.17, 15) is 19.2 Å². The maximum Gasteiger partial charge on any atom is 0.408 e. The number of hydrogen-bond acceptors (Lipinski definition) is 7. The number of ether oxygens (including phenoxy) is 2. The first kappa shape index (κ1) is 25.5. The van der Waals surface area contributed by atoms with E-state index in [1.165, 1.54) is 12.0 Å². The van der Waals surface area contributed by atoms with Gasteiger partial charge in [-0.2, -0.15) is 12.6 Å². The van der Waals surface area contributed by atoms with Crippen molar-refractivity contribution in [3.05, 3.63) is 35.9 Å². The van der Waals surface area contributed by atoms with E-state index in [2.05, 4.69) is 28.0 Å². The lowest BCUT2D eigenvalue weighted by Crippen LogP contribution is -2.54. The van der Waals surface area contributed by atoms with Gasteiger partial charge < -0.3 is 25.0 Å². The quantitative estimate of drug-likeness (QED) is 0.379. The minimum absolute atomic E-state index is 0.0204. The number of amides is 3. The van der Waals surface area contributed by atoms with E-state index >= 15 is 0 Å². The van der Waals surface area contributed by atoms with Gasteiger partial charge in [-0.1, -0.05) is 30.3 Å². The van der Waals surface area contributed by atoms with Crippen LogP contribution in [0, 0.1) is 0 Å². The predicted octanol–water partition coefficient (Wildman–Crippen LogP) is 1.83. The van der Waals surface area contributed by atoms with Gasteiger partial charge in [0.15, 0.2) is 0 Å². The fourth-order valence-electron chi connectivity index (χ4n) is 3.09. The third-order valence-corrected chi connectivity index (χ3v) is 5.01. The molecule has 1 aliphatic rings. The Morgan fingerprint density at radius 1 is 1.16 bits per heavy atom. The summed E-state index contributed by atoms with van der Waals surface area (Å²) in [5.41, 5.74) is -0.143. The van der Waals surface area contributed by atoms with Crippen LogP contribution in [0.3, 0.4) is 0 Å². The van der Waals surface area contributed by atoms with Crippen LogP contribution in [0.2, 0.25) is 0 Å². The molecule has 3 amide bonds. The average molecular weight is 466 g/mol. The molecule has 176 valence electrons. The molecule has 10 heteroatoms. The molecule has 1 aliphatic carbocycles. The fourth-order valence-corrected chi connectivity index (χ4v) is 3.34. The summed E-state index contributed by atoms with van der Waals surface area (Å²) in [6.07, 6.45) is 0.711. The zero-order chi connectivity index (χ0) is 23.9. The summed E-state index contributed by atoms with van der Waals surface area (Å²) in [7, 11) is 1.23. The highest BCUT2D eigenvalue weighted by Crippen LogP contribution is 2.35. The Bertz CT molecular complexity index is 823. The highest BCUT2D eigenvalue weighted by molar-refractivity contribution is 7.80. The van der Waals surface area contributed by atoms with Crippen molar-refractivity contribution in [2.45, 2.75) is 57.3 Å². The Hall–Kier alpha value is -2.75. The van der Waals surface area contributed by atoms with Gasteiger partial charge in [0.1, 0.15) is 24.2 Å². The Morgan fingerprint density at radius 2 is 1.78 bits per heavy atom. The summed E-state index contributed by atoms with van der Waals surface area (Å²) in [5, 5.41) is 5.10. The van der Waals surface area contributed by atoms with Crippen molar-refractivity contribution in [2.24, 2.45) is 0 Å². The first-order valence-corrected chi connectivity index (χ1v) is 11.0. The molecule has 0 spiro atoms. The van der Waals surface area contributed by atoms with E-state index in [-0.39, 0.29) is 18.3 Å². The SMILES string of the molecule is COC(=O)CNC(=O)C(c1ccccc1)N(C(=O)C(CS)NC(=O)OC(C)(C)C)C1CC1. The molecular formula is C22H31N3O6S. The number of nitrogens with one attached hydrogen (secondary N) is 2. The maximum absolute atomic E-state index is 13.5. The normalized spacial score (nSPS) is 15.2. The smallest absolute Gasteiger partial charge is 0.408 e. The molecule has 0 saturated heterocycles. The minimum Gasteiger partial charge on any atom is -0.468 e. The number of benzene rings is 1. The molecule has 1 saturated carbocycles. The number of esters is 1. The van der Waals surface area contributed by atoms with E-state index in [0.717, 1.165) is 12.8 Å². The summed E-state index contributed by atoms with van der Waals surface area (Å²) in [6, 6.07) is 6.67. The van der Waals surface area contributed by atoms with Crippen LogP contribution < -0.4 is 10.6 Å². The van der Waals surface area contributed by atoms with Crippen molar-refractivity contribution in [1.82, 2.24) is 15.5 Å². The van der Waals surface area contributed by atoms with Crippen LogP contribution in [0.15, 0.2) is 30.3 Å². The zero-order valence-corrected chi connectivity index (χ0v) is 19.7. The van der Waals surface area contributed by atoms with Gasteiger partial charge in [-0.05, 0) is 39.2 Å². The highest BCUT2D eigenvalue weighted by atomic mass is 32.1. The second kappa shape index (κ2) is 11.2. The molecule has 0 aliphatic heterocycles. The molecular weight excluding hydrogens is 434 g/mol. The number of methoxy groups -OCH3 is 1. The molecule has 2 atom stereocenters. The summed E-state index contributed by atoms with van der Waals surface area (Å²) >= 11 is 4.23. The van der Waals surface area contributed by atoms with Crippen LogP contribution in [-0.2, 0) is 23.9 Å². The number of carbonyl (C=O) groups is 4. The van der Waals surface area contributed by atoms with Crippen LogP contribution in [0.1, 0.15) is 45.2 Å². The van der Waals surface area contributed by atoms with E-state index in [4.69, 9.17) is 4.74 Å². The van der Waals surface area contributed by atoms with E-state index < -0.39 is 41.6 Å². The third kappa shape index (κ3) is 7.44. The maximum atomic E-state index is 13.5. The first-order valence-electron chi connectivity index (χ1n) is 10.4. The molecule has 32 heavy (non-hydrogen) atoms. The lowest BCUT2D eigenvalue weighted by molar-refractivity contribution is -0.145. The Balaban J connectivity index is 2.30. The molecule has 1 fully saturated rings. The number of rotatable bonds is 9. The molecule has 2 N–H and O–H groups in total. The van der Waals surface area contributed by atoms with Gasteiger partial charge >= 0.3 is 12.1 Å². The van der Waals surface area contributed by atoms with Gasteiger partial charge in [-0.15, -0.1) is 0 Å². The second-order valence-corrected chi connectivity index (χ2v) is 8.83. The Labute approximate surface area is 193 Å². The standard InChI is InChI=1S/C22H31N3O6S/c1-22(2,3)31-21(29)24-16(13-32)20(28)25(15-10-11-15)18(14-8-6-5-7-9-14)19(27)23-12-17(26)30-4/h5-9,15-16,18,32H,10-13H2,1-4H3,(H,23,27)(H,24,29). The number of alkyl carbamates (subject to hydrolysis) is 1. The average Bonchev–Trinajstić information content (AvgIpc) is 3.57. The number of hydrogen-bond donors (Lipinski definition) is 3. The van der Waals surface area contributed by atoms with Crippen molar-refractivity contribution >= 4 is 36.5 Å². The highest BCUT2D eigenvalue weighted by Gasteiger charge is 2.43. The first-order chi connectivity index (χ1) is 15.1. The summed E-state index contributed by atoms with van der Waals surface area (Å²) in [4.78, 5) is 51.9. The molecule has 9 nitrogen and oxygen atoms in total. The fraction of sp³-hybridized carbons (Fsp3) is 0.545. The summed E-state index contributed by atoms with van der Waals surface area (Å²) in [6.45, 7) is 4.84. The van der Waals surface area contributed by atoms with Crippen LogP contribution in [0.4, 0.5) is 4.79 Å². The second-order valence-electron chi connectivity index (χ2n) is 8.47. The van der Waals surface area contributed by atoms with Gasteiger partial charge in [0.25, 0.3) is 0 Å². The van der Waals surface area contributed by atoms with Gasteiger partial charge in [0.05, 0.1) is 7.11 Å².